The fourth-order valence-electron chi connectivity index (χ4n) is 1.87. The van der Waals surface area contributed by atoms with Gasteiger partial charge in [-0.3, -0.25) is 0 Å². The van der Waals surface area contributed by atoms with E-state index in [4.69, 9.17) is 5.73 Å². The van der Waals surface area contributed by atoms with Crippen LogP contribution in [-0.4, -0.2) is 0 Å². The number of nitrogen functional groups attached to an aromatic ring is 1. The predicted octanol–water partition coefficient (Wildman–Crippen LogP) is 6.20. The number of benzene rings is 2. The zero-order valence-electron chi connectivity index (χ0n) is 12.7. The average molecular weight is 285 g/mol. The topological polar surface area (TPSA) is 26.0 Å². The second-order valence-electron chi connectivity index (χ2n) is 3.71. The Morgan fingerprint density at radius 2 is 1.30 bits per heavy atom. The van der Waals surface area contributed by atoms with Crippen LogP contribution in [0.2, 0.25) is 0 Å². The lowest BCUT2D eigenvalue weighted by Crippen LogP contribution is -1.84. The Kier molecular flexibility index (Phi) is 6.82. The highest BCUT2D eigenvalue weighted by Crippen LogP contribution is 2.40. The fourth-order valence-corrected chi connectivity index (χ4v) is 3.00. The first-order valence-corrected chi connectivity index (χ1v) is 8.00. The van der Waals surface area contributed by atoms with Gasteiger partial charge in [0.15, 0.2) is 0 Å². The van der Waals surface area contributed by atoms with Crippen LogP contribution in [0.5, 0.6) is 0 Å². The average Bonchev–Trinajstić information content (AvgIpc) is 2.90. The summed E-state index contributed by atoms with van der Waals surface area (Å²) in [6.07, 6.45) is 0. The summed E-state index contributed by atoms with van der Waals surface area (Å²) < 4.78 is 1.25. The standard InChI is InChI=1S/C14H11NS.2C2H6/c15-13-11-8-4-5-9-12(11)16-14(13)10-6-2-1-3-7-10;2*1-2/h1-9H,15H2;2*1-2H3. The Morgan fingerprint density at radius 1 is 0.750 bits per heavy atom. The van der Waals surface area contributed by atoms with E-state index in [9.17, 15) is 0 Å². The maximum absolute atomic E-state index is 6.18. The first kappa shape index (κ1) is 16.3. The number of anilines is 1. The van der Waals surface area contributed by atoms with Crippen LogP contribution in [0.4, 0.5) is 5.69 Å². The lowest BCUT2D eigenvalue weighted by molar-refractivity contribution is 1.50. The number of hydrogen-bond donors (Lipinski definition) is 1. The van der Waals surface area contributed by atoms with Crippen molar-refractivity contribution in [1.29, 1.82) is 0 Å². The van der Waals surface area contributed by atoms with Crippen molar-refractivity contribution < 1.29 is 0 Å². The molecule has 1 heterocycles. The van der Waals surface area contributed by atoms with Crippen LogP contribution < -0.4 is 5.73 Å². The van der Waals surface area contributed by atoms with Gasteiger partial charge in [-0.05, 0) is 11.6 Å². The predicted molar refractivity (Wildman–Crippen MR) is 94.4 cm³/mol. The Morgan fingerprint density at radius 3 is 1.90 bits per heavy atom. The molecule has 2 heteroatoms. The van der Waals surface area contributed by atoms with Gasteiger partial charge in [0.2, 0.25) is 0 Å². The van der Waals surface area contributed by atoms with E-state index in [1.165, 1.54) is 15.1 Å². The van der Waals surface area contributed by atoms with E-state index in [1.54, 1.807) is 11.3 Å². The fraction of sp³-hybridized carbons (Fsp3) is 0.222. The SMILES string of the molecule is CC.CC.Nc1c(-c2ccccc2)sc2ccccc12. The van der Waals surface area contributed by atoms with Gasteiger partial charge in [0.25, 0.3) is 0 Å². The van der Waals surface area contributed by atoms with Gasteiger partial charge in [-0.2, -0.15) is 0 Å². The van der Waals surface area contributed by atoms with E-state index < -0.39 is 0 Å². The third-order valence-corrected chi connectivity index (χ3v) is 3.91. The van der Waals surface area contributed by atoms with Gasteiger partial charge < -0.3 is 5.73 Å². The minimum Gasteiger partial charge on any atom is -0.397 e. The summed E-state index contributed by atoms with van der Waals surface area (Å²) >= 11 is 1.75. The largest absolute Gasteiger partial charge is 0.397 e. The summed E-state index contributed by atoms with van der Waals surface area (Å²) in [5, 5.41) is 1.16. The molecule has 3 rings (SSSR count). The van der Waals surface area contributed by atoms with E-state index in [-0.39, 0.29) is 0 Å². The lowest BCUT2D eigenvalue weighted by Gasteiger charge is -1.98. The summed E-state index contributed by atoms with van der Waals surface area (Å²) in [4.78, 5) is 1.17. The molecule has 3 aromatic rings. The monoisotopic (exact) mass is 285 g/mol. The van der Waals surface area contributed by atoms with Gasteiger partial charge in [-0.25, -0.2) is 0 Å². The van der Waals surface area contributed by atoms with Gasteiger partial charge >= 0.3 is 0 Å². The summed E-state index contributed by atoms with van der Waals surface area (Å²) in [5.41, 5.74) is 8.27. The van der Waals surface area contributed by atoms with Crippen molar-refractivity contribution in [3.05, 3.63) is 54.6 Å². The molecule has 20 heavy (non-hydrogen) atoms. The Hall–Kier alpha value is -1.80. The molecule has 0 unspecified atom stereocenters. The third-order valence-electron chi connectivity index (χ3n) is 2.67. The number of hydrogen-bond acceptors (Lipinski definition) is 2. The molecular formula is C18H23NS. The second-order valence-corrected chi connectivity index (χ2v) is 4.76. The smallest absolute Gasteiger partial charge is 0.0585 e. The highest BCUT2D eigenvalue weighted by Gasteiger charge is 2.09. The Balaban J connectivity index is 0.000000461. The number of thiophene rings is 1. The minimum atomic E-state index is 0.895. The van der Waals surface area contributed by atoms with Crippen LogP contribution in [0.15, 0.2) is 54.6 Å². The molecule has 0 aliphatic rings. The summed E-state index contributed by atoms with van der Waals surface area (Å²) in [6.45, 7) is 8.00. The van der Waals surface area contributed by atoms with Crippen LogP contribution in [0.3, 0.4) is 0 Å². The van der Waals surface area contributed by atoms with Gasteiger partial charge in [-0.1, -0.05) is 76.2 Å². The zero-order chi connectivity index (χ0) is 15.0. The van der Waals surface area contributed by atoms with Crippen LogP contribution in [0.25, 0.3) is 20.5 Å². The molecule has 0 saturated heterocycles. The molecule has 0 amide bonds. The molecule has 0 saturated carbocycles. The van der Waals surface area contributed by atoms with Crippen molar-refractivity contribution in [2.75, 3.05) is 5.73 Å². The van der Waals surface area contributed by atoms with Gasteiger partial charge in [0, 0.05) is 10.1 Å². The highest BCUT2D eigenvalue weighted by atomic mass is 32.1. The van der Waals surface area contributed by atoms with E-state index in [0.29, 0.717) is 0 Å². The molecular weight excluding hydrogens is 262 g/mol. The summed E-state index contributed by atoms with van der Waals surface area (Å²) in [6, 6.07) is 18.6. The molecule has 0 atom stereocenters. The van der Waals surface area contributed by atoms with Crippen molar-refractivity contribution >= 4 is 27.1 Å². The maximum atomic E-state index is 6.18. The summed E-state index contributed by atoms with van der Waals surface area (Å²) in [7, 11) is 0. The van der Waals surface area contributed by atoms with E-state index in [1.807, 2.05) is 58.0 Å². The van der Waals surface area contributed by atoms with Crippen molar-refractivity contribution in [1.82, 2.24) is 0 Å². The molecule has 1 nitrogen and oxygen atoms in total. The van der Waals surface area contributed by atoms with Gasteiger partial charge in [0.1, 0.15) is 0 Å². The second kappa shape index (κ2) is 8.39. The van der Waals surface area contributed by atoms with Crippen LogP contribution >= 0.6 is 11.3 Å². The quantitative estimate of drug-likeness (QED) is 0.565. The van der Waals surface area contributed by atoms with Crippen molar-refractivity contribution in [3.8, 4) is 10.4 Å². The van der Waals surface area contributed by atoms with E-state index in [2.05, 4.69) is 24.3 Å². The molecule has 0 aliphatic carbocycles. The summed E-state index contributed by atoms with van der Waals surface area (Å²) in [5.74, 6) is 0. The molecule has 0 radical (unpaired) electrons. The highest BCUT2D eigenvalue weighted by molar-refractivity contribution is 7.23. The molecule has 2 N–H and O–H groups in total. The Labute approximate surface area is 126 Å². The molecule has 0 bridgehead atoms. The molecule has 106 valence electrons. The number of fused-ring (bicyclic) bond motifs is 1. The molecule has 2 aromatic carbocycles. The van der Waals surface area contributed by atoms with E-state index >= 15 is 0 Å². The van der Waals surface area contributed by atoms with Crippen molar-refractivity contribution in [3.63, 3.8) is 0 Å². The number of nitrogens with two attached hydrogens (primary N) is 1. The molecule has 0 aliphatic heterocycles. The van der Waals surface area contributed by atoms with Crippen molar-refractivity contribution in [2.45, 2.75) is 27.7 Å². The molecule has 0 fully saturated rings. The lowest BCUT2D eigenvalue weighted by atomic mass is 10.1. The molecule has 1 aromatic heterocycles. The Bertz CT molecular complexity index is 626. The van der Waals surface area contributed by atoms with Crippen LogP contribution in [0, 0.1) is 0 Å². The maximum Gasteiger partial charge on any atom is 0.0585 e. The normalized spacial score (nSPS) is 9.20. The minimum absolute atomic E-state index is 0.895. The molecule has 0 spiro atoms. The van der Waals surface area contributed by atoms with Crippen molar-refractivity contribution in [2.24, 2.45) is 0 Å². The first-order chi connectivity index (χ1) is 9.86. The van der Waals surface area contributed by atoms with Gasteiger partial charge in [-0.15, -0.1) is 11.3 Å². The van der Waals surface area contributed by atoms with Crippen LogP contribution in [0.1, 0.15) is 27.7 Å². The third kappa shape index (κ3) is 3.40. The zero-order valence-corrected chi connectivity index (χ0v) is 13.5. The van der Waals surface area contributed by atoms with E-state index in [0.717, 1.165) is 11.1 Å². The number of rotatable bonds is 1. The van der Waals surface area contributed by atoms with Gasteiger partial charge in [0.05, 0.1) is 10.6 Å². The van der Waals surface area contributed by atoms with Crippen LogP contribution in [-0.2, 0) is 0 Å². The first-order valence-electron chi connectivity index (χ1n) is 7.18.